The number of benzene rings is 2. The zero-order chi connectivity index (χ0) is 17.5. The van der Waals surface area contributed by atoms with Crippen molar-refractivity contribution in [1.82, 2.24) is 0 Å². The van der Waals surface area contributed by atoms with Gasteiger partial charge in [-0.05, 0) is 24.3 Å². The van der Waals surface area contributed by atoms with Crippen LogP contribution in [0.2, 0.25) is 0 Å². The smallest absolute Gasteiger partial charge is 0.264 e. The number of carbonyl (C=O) groups is 2. The van der Waals surface area contributed by atoms with Gasteiger partial charge in [0.1, 0.15) is 6.29 Å². The second kappa shape index (κ2) is 8.01. The van der Waals surface area contributed by atoms with Crippen molar-refractivity contribution in [3.05, 3.63) is 48.0 Å². The van der Waals surface area contributed by atoms with E-state index in [1.807, 2.05) is 30.3 Å². The number of methoxy groups -OCH3 is 2. The van der Waals surface area contributed by atoms with E-state index in [2.05, 4.69) is 0 Å². The SMILES string of the molecule is COc1cc(C=O)cc(OC)c1OCC(=O)N(C)c1ccccc1. The van der Waals surface area contributed by atoms with E-state index in [-0.39, 0.29) is 18.3 Å². The normalized spacial score (nSPS) is 9.96. The molecule has 2 aromatic rings. The van der Waals surface area contributed by atoms with Gasteiger partial charge in [-0.3, -0.25) is 9.59 Å². The molecule has 0 N–H and O–H groups in total. The highest BCUT2D eigenvalue weighted by Gasteiger charge is 2.17. The highest BCUT2D eigenvalue weighted by molar-refractivity contribution is 5.94. The van der Waals surface area contributed by atoms with Crippen LogP contribution in [0.1, 0.15) is 10.4 Å². The van der Waals surface area contributed by atoms with Crippen molar-refractivity contribution in [3.8, 4) is 17.2 Å². The van der Waals surface area contributed by atoms with E-state index in [0.717, 1.165) is 5.69 Å². The molecule has 0 bridgehead atoms. The van der Waals surface area contributed by atoms with Crippen LogP contribution in [0.15, 0.2) is 42.5 Å². The summed E-state index contributed by atoms with van der Waals surface area (Å²) in [5.41, 5.74) is 1.16. The molecule has 126 valence electrons. The van der Waals surface area contributed by atoms with Crippen molar-refractivity contribution in [1.29, 1.82) is 0 Å². The van der Waals surface area contributed by atoms with Gasteiger partial charge in [0.15, 0.2) is 18.1 Å². The van der Waals surface area contributed by atoms with E-state index in [1.54, 1.807) is 7.05 Å². The topological polar surface area (TPSA) is 65.1 Å². The maximum atomic E-state index is 12.3. The Hall–Kier alpha value is -3.02. The van der Waals surface area contributed by atoms with Gasteiger partial charge in [0.25, 0.3) is 5.91 Å². The van der Waals surface area contributed by atoms with Gasteiger partial charge in [-0.2, -0.15) is 0 Å². The van der Waals surface area contributed by atoms with Crippen LogP contribution in [0.25, 0.3) is 0 Å². The van der Waals surface area contributed by atoms with Crippen molar-refractivity contribution in [3.63, 3.8) is 0 Å². The zero-order valence-electron chi connectivity index (χ0n) is 13.8. The van der Waals surface area contributed by atoms with Gasteiger partial charge >= 0.3 is 0 Å². The first-order chi connectivity index (χ1) is 11.6. The second-order valence-corrected chi connectivity index (χ2v) is 4.95. The fourth-order valence-electron chi connectivity index (χ4n) is 2.14. The summed E-state index contributed by atoms with van der Waals surface area (Å²) in [5, 5.41) is 0. The molecule has 24 heavy (non-hydrogen) atoms. The number of aldehydes is 1. The van der Waals surface area contributed by atoms with Gasteiger partial charge in [0.2, 0.25) is 5.75 Å². The van der Waals surface area contributed by atoms with Crippen molar-refractivity contribution in [2.75, 3.05) is 32.8 Å². The molecule has 0 aromatic heterocycles. The van der Waals surface area contributed by atoms with Crippen molar-refractivity contribution >= 4 is 17.9 Å². The first kappa shape index (κ1) is 17.3. The van der Waals surface area contributed by atoms with Gasteiger partial charge in [0, 0.05) is 18.3 Å². The average molecular weight is 329 g/mol. The van der Waals surface area contributed by atoms with Crippen LogP contribution in [0.3, 0.4) is 0 Å². The number of likely N-dealkylation sites (N-methyl/N-ethyl adjacent to an activating group) is 1. The van der Waals surface area contributed by atoms with Gasteiger partial charge in [-0.15, -0.1) is 0 Å². The average Bonchev–Trinajstić information content (AvgIpc) is 2.65. The number of ether oxygens (including phenoxy) is 3. The minimum Gasteiger partial charge on any atom is -0.493 e. The number of rotatable bonds is 7. The molecule has 0 fully saturated rings. The Morgan fingerprint density at radius 3 is 2.17 bits per heavy atom. The number of nitrogens with zero attached hydrogens (tertiary/aromatic N) is 1. The summed E-state index contributed by atoms with van der Waals surface area (Å²) >= 11 is 0. The Bertz CT molecular complexity index is 690. The lowest BCUT2D eigenvalue weighted by molar-refractivity contribution is -0.120. The maximum Gasteiger partial charge on any atom is 0.264 e. The molecule has 0 atom stereocenters. The molecule has 0 unspecified atom stereocenters. The predicted octanol–water partition coefficient (Wildman–Crippen LogP) is 2.56. The molecule has 0 aliphatic carbocycles. The number of hydrogen-bond acceptors (Lipinski definition) is 5. The van der Waals surface area contributed by atoms with Gasteiger partial charge in [-0.25, -0.2) is 0 Å². The largest absolute Gasteiger partial charge is 0.493 e. The van der Waals surface area contributed by atoms with Crippen LogP contribution >= 0.6 is 0 Å². The van der Waals surface area contributed by atoms with Crippen LogP contribution in [-0.2, 0) is 4.79 Å². The highest BCUT2D eigenvalue weighted by Crippen LogP contribution is 2.38. The van der Waals surface area contributed by atoms with E-state index in [9.17, 15) is 9.59 Å². The Balaban J connectivity index is 2.16. The van der Waals surface area contributed by atoms with Crippen LogP contribution < -0.4 is 19.1 Å². The predicted molar refractivity (Wildman–Crippen MR) is 90.3 cm³/mol. The molecule has 0 aliphatic heterocycles. The molecule has 0 aliphatic rings. The molecule has 0 heterocycles. The summed E-state index contributed by atoms with van der Waals surface area (Å²) in [6.07, 6.45) is 0.684. The number of carbonyl (C=O) groups excluding carboxylic acids is 2. The van der Waals surface area contributed by atoms with Crippen molar-refractivity contribution < 1.29 is 23.8 Å². The fraction of sp³-hybridized carbons (Fsp3) is 0.222. The van der Waals surface area contributed by atoms with Crippen LogP contribution in [0.5, 0.6) is 17.2 Å². The molecule has 6 heteroatoms. The second-order valence-electron chi connectivity index (χ2n) is 4.95. The first-order valence-corrected chi connectivity index (χ1v) is 7.26. The van der Waals surface area contributed by atoms with E-state index >= 15 is 0 Å². The molecular formula is C18H19NO5. The first-order valence-electron chi connectivity index (χ1n) is 7.26. The molecule has 6 nitrogen and oxygen atoms in total. The van der Waals surface area contributed by atoms with Gasteiger partial charge < -0.3 is 19.1 Å². The van der Waals surface area contributed by atoms with Crippen LogP contribution in [0.4, 0.5) is 5.69 Å². The summed E-state index contributed by atoms with van der Waals surface area (Å²) in [6.45, 7) is -0.196. The maximum absolute atomic E-state index is 12.3. The van der Waals surface area contributed by atoms with E-state index in [0.29, 0.717) is 23.3 Å². The summed E-state index contributed by atoms with van der Waals surface area (Å²) in [4.78, 5) is 24.8. The van der Waals surface area contributed by atoms with E-state index in [1.165, 1.54) is 31.3 Å². The Morgan fingerprint density at radius 1 is 1.08 bits per heavy atom. The van der Waals surface area contributed by atoms with Crippen LogP contribution in [-0.4, -0.2) is 40.1 Å². The highest BCUT2D eigenvalue weighted by atomic mass is 16.5. The minimum atomic E-state index is -0.232. The molecule has 1 amide bonds. The number of para-hydroxylation sites is 1. The third kappa shape index (κ3) is 3.84. The van der Waals surface area contributed by atoms with Gasteiger partial charge in [0.05, 0.1) is 14.2 Å². The van der Waals surface area contributed by atoms with E-state index < -0.39 is 0 Å². The quantitative estimate of drug-likeness (QED) is 0.731. The van der Waals surface area contributed by atoms with E-state index in [4.69, 9.17) is 14.2 Å². The third-order valence-corrected chi connectivity index (χ3v) is 3.48. The summed E-state index contributed by atoms with van der Waals surface area (Å²) in [6, 6.07) is 12.3. The van der Waals surface area contributed by atoms with Crippen molar-refractivity contribution in [2.24, 2.45) is 0 Å². The fourth-order valence-corrected chi connectivity index (χ4v) is 2.14. The molecule has 0 radical (unpaired) electrons. The molecule has 2 aromatic carbocycles. The molecule has 0 saturated heterocycles. The monoisotopic (exact) mass is 329 g/mol. The number of amides is 1. The molecule has 2 rings (SSSR count). The lowest BCUT2D eigenvalue weighted by Crippen LogP contribution is -2.31. The Kier molecular flexibility index (Phi) is 5.78. The standard InChI is InChI=1S/C18H19NO5/c1-19(14-7-5-4-6-8-14)17(21)12-24-18-15(22-2)9-13(11-20)10-16(18)23-3/h4-11H,12H2,1-3H3. The Labute approximate surface area is 140 Å². The number of hydrogen-bond donors (Lipinski definition) is 0. The molecule has 0 spiro atoms. The summed E-state index contributed by atoms with van der Waals surface area (Å²) < 4.78 is 16.0. The summed E-state index contributed by atoms with van der Waals surface area (Å²) in [5.74, 6) is 0.698. The zero-order valence-corrected chi connectivity index (χ0v) is 13.8. The van der Waals surface area contributed by atoms with Crippen LogP contribution in [0, 0.1) is 0 Å². The van der Waals surface area contributed by atoms with Crippen molar-refractivity contribution in [2.45, 2.75) is 0 Å². The molecule has 0 saturated carbocycles. The lowest BCUT2D eigenvalue weighted by atomic mass is 10.2. The Morgan fingerprint density at radius 2 is 1.67 bits per heavy atom. The lowest BCUT2D eigenvalue weighted by Gasteiger charge is -2.19. The minimum absolute atomic E-state index is 0.196. The number of anilines is 1. The summed E-state index contributed by atoms with van der Waals surface area (Å²) in [7, 11) is 4.58. The van der Waals surface area contributed by atoms with Gasteiger partial charge in [-0.1, -0.05) is 18.2 Å². The third-order valence-electron chi connectivity index (χ3n) is 3.48. The molecular weight excluding hydrogens is 310 g/mol.